The van der Waals surface area contributed by atoms with Gasteiger partial charge in [-0.2, -0.15) is 0 Å². The number of hydrogen-bond acceptors (Lipinski definition) is 3. The van der Waals surface area contributed by atoms with E-state index in [0.29, 0.717) is 16.7 Å². The maximum atomic E-state index is 8.92. The van der Waals surface area contributed by atoms with Gasteiger partial charge in [-0.1, -0.05) is 455 Å². The topological polar surface area (TPSA) is 39.4 Å². The van der Waals surface area contributed by atoms with Crippen molar-refractivity contribution in [2.75, 3.05) is 0 Å². The number of fused-ring (bicyclic) bond motifs is 20. The molecule has 28 rings (SSSR count). The zero-order valence-electron chi connectivity index (χ0n) is 86.3. The van der Waals surface area contributed by atoms with Crippen LogP contribution in [-0.4, -0.2) is 0 Å². The molecular weight excluding hydrogens is 1610 g/mol. The Morgan fingerprint density at radius 2 is 0.414 bits per heavy atom. The lowest BCUT2D eigenvalue weighted by Gasteiger charge is -2.18. The van der Waals surface area contributed by atoms with Gasteiger partial charge in [-0.3, -0.25) is 0 Å². The van der Waals surface area contributed by atoms with Gasteiger partial charge in [-0.15, -0.1) is 0 Å². The molecule has 0 fully saturated rings. The van der Waals surface area contributed by atoms with Gasteiger partial charge < -0.3 is 13.3 Å². The molecule has 0 amide bonds. The summed E-state index contributed by atoms with van der Waals surface area (Å²) in [5.41, 5.74) is 19.6. The van der Waals surface area contributed by atoms with Crippen molar-refractivity contribution in [3.05, 3.63) is 485 Å². The summed E-state index contributed by atoms with van der Waals surface area (Å²) in [6.07, 6.45) is 0. The van der Waals surface area contributed by atoms with Crippen LogP contribution >= 0.6 is 0 Å². The fraction of sp³-hybridized carbons (Fsp3) is 0. The highest BCUT2D eigenvalue weighted by Crippen LogP contribution is 2.54. The highest BCUT2D eigenvalue weighted by atomic mass is 16.3. The van der Waals surface area contributed by atoms with E-state index in [1.54, 1.807) is 0 Å². The summed E-state index contributed by atoms with van der Waals surface area (Å²) in [4.78, 5) is 0. The molecule has 0 bridgehead atoms. The predicted octanol–water partition coefficient (Wildman–Crippen LogP) is 37.3. The van der Waals surface area contributed by atoms with Crippen molar-refractivity contribution in [2.24, 2.45) is 0 Å². The first-order valence-corrected chi connectivity index (χ1v) is 44.5. The van der Waals surface area contributed by atoms with E-state index in [2.05, 4.69) is 243 Å². The summed E-state index contributed by atoms with van der Waals surface area (Å²) in [6, 6.07) is 129. The monoisotopic (exact) mass is 1700 g/mol. The fourth-order valence-electron chi connectivity index (χ4n) is 21.1. The van der Waals surface area contributed by atoms with Crippen molar-refractivity contribution >= 4 is 174 Å². The van der Waals surface area contributed by atoms with E-state index >= 15 is 0 Å². The molecule has 0 spiro atoms. The summed E-state index contributed by atoms with van der Waals surface area (Å²) in [5, 5.41) is 25.8. The van der Waals surface area contributed by atoms with Gasteiger partial charge in [0.15, 0.2) is 0 Å². The first kappa shape index (κ1) is 62.6. The van der Waals surface area contributed by atoms with Gasteiger partial charge in [-0.05, 0) is 222 Å². The van der Waals surface area contributed by atoms with Crippen LogP contribution in [0.3, 0.4) is 0 Å². The Kier molecular flexibility index (Phi) is 15.0. The summed E-state index contributed by atoms with van der Waals surface area (Å²) in [6.45, 7) is 0. The van der Waals surface area contributed by atoms with Crippen LogP contribution in [0.25, 0.3) is 274 Å². The van der Waals surface area contributed by atoms with E-state index in [1.807, 2.05) is 152 Å². The molecule has 0 unspecified atom stereocenters. The Morgan fingerprint density at radius 3 is 0.820 bits per heavy atom. The van der Waals surface area contributed by atoms with Crippen LogP contribution in [0.1, 0.15) is 20.6 Å². The second-order valence-electron chi connectivity index (χ2n) is 33.7. The van der Waals surface area contributed by atoms with Crippen molar-refractivity contribution in [1.29, 1.82) is 0 Å². The molecule has 0 saturated heterocycles. The van der Waals surface area contributed by atoms with Crippen molar-refractivity contribution in [3.63, 3.8) is 0 Å². The molecular formula is C130H80O3. The van der Waals surface area contributed by atoms with Crippen molar-refractivity contribution in [2.45, 2.75) is 0 Å². The third kappa shape index (κ3) is 12.6. The Bertz CT molecular complexity index is 10400. The minimum absolute atomic E-state index is 0.198. The summed E-state index contributed by atoms with van der Waals surface area (Å²) in [5.74, 6) is 0. The van der Waals surface area contributed by atoms with Crippen LogP contribution in [0.2, 0.25) is 0 Å². The minimum Gasteiger partial charge on any atom is -0.455 e. The largest absolute Gasteiger partial charge is 0.455 e. The molecule has 0 saturated carbocycles. The second-order valence-corrected chi connectivity index (χ2v) is 33.7. The molecule has 618 valence electrons. The lowest BCUT2D eigenvalue weighted by molar-refractivity contribution is 0.669. The van der Waals surface area contributed by atoms with Gasteiger partial charge in [0.2, 0.25) is 0 Å². The van der Waals surface area contributed by atoms with Crippen LogP contribution in [0.15, 0.2) is 498 Å². The molecule has 3 nitrogen and oxygen atoms in total. The van der Waals surface area contributed by atoms with E-state index < -0.39 is 18.1 Å². The third-order valence-corrected chi connectivity index (χ3v) is 26.6. The van der Waals surface area contributed by atoms with Gasteiger partial charge in [0.05, 0.1) is 20.6 Å². The number of para-hydroxylation sites is 3. The average molecular weight is 1710 g/mol. The standard InChI is InChI=1S/C46H28O.2C42H26O/c1-2-14-29(15-3-1)43-34-20-8-10-22-36(34)44(37-23-11-9-21-35(37)43)39-25-13-27-42-45(39)40-26-12-24-38(46(40)47-42)41-28-30-16-4-5-17-31(30)32-18-6-7-19-33(32)41;1-2-14-28(15-3-1)39-31-18-6-8-20-33(31)40(34-21-9-7-19-32(34)39)36-24-12-26-38-41(36)37-25-11-23-35(42(37)43-38)30-22-10-16-27-13-4-5-17-29(27)30;1-2-13-28(14-3-1)39-32-16-6-8-18-34(32)40(35-19-9-7-17-33(35)39)36-21-11-23-38-41(36)37-22-10-20-31(42(37)43-38)30-25-24-27-12-4-5-15-29(27)26-30/h1-28H;2*1-26H/i2*1D,2D,3D,14D,15D;1D,2D,3D,13D,14D. The molecule has 0 aliphatic heterocycles. The predicted molar refractivity (Wildman–Crippen MR) is 565 cm³/mol. The van der Waals surface area contributed by atoms with Gasteiger partial charge in [0, 0.05) is 49.0 Å². The van der Waals surface area contributed by atoms with Crippen molar-refractivity contribution in [3.8, 4) is 100 Å². The quantitative estimate of drug-likeness (QED) is 0.107. The molecule has 3 aromatic heterocycles. The van der Waals surface area contributed by atoms with Crippen molar-refractivity contribution < 1.29 is 33.8 Å². The van der Waals surface area contributed by atoms with Gasteiger partial charge in [-0.25, -0.2) is 0 Å². The second kappa shape index (κ2) is 31.8. The Morgan fingerprint density at radius 1 is 0.143 bits per heavy atom. The molecule has 3 heterocycles. The van der Waals surface area contributed by atoms with Crippen LogP contribution in [0, 0.1) is 0 Å². The molecule has 0 aliphatic carbocycles. The van der Waals surface area contributed by atoms with Crippen LogP contribution < -0.4 is 0 Å². The minimum atomic E-state index is -0.404. The molecule has 0 aliphatic rings. The Labute approximate surface area is 787 Å². The van der Waals surface area contributed by atoms with Gasteiger partial charge in [0.25, 0.3) is 0 Å². The number of hydrogen-bond donors (Lipinski definition) is 0. The highest BCUT2D eigenvalue weighted by Gasteiger charge is 2.28. The zero-order chi connectivity index (χ0) is 101. The molecule has 3 heteroatoms. The van der Waals surface area contributed by atoms with E-state index in [4.69, 9.17) is 33.8 Å². The lowest BCUT2D eigenvalue weighted by atomic mass is 9.85. The highest BCUT2D eigenvalue weighted by molar-refractivity contribution is 6.31. The summed E-state index contributed by atoms with van der Waals surface area (Å²) < 4.78 is 149. The average Bonchev–Trinajstić information content (AvgIpc) is 1.15. The van der Waals surface area contributed by atoms with E-state index in [9.17, 15) is 0 Å². The van der Waals surface area contributed by atoms with Crippen LogP contribution in [0.4, 0.5) is 0 Å². The molecule has 28 aromatic rings. The fourth-order valence-corrected chi connectivity index (χ4v) is 21.1. The smallest absolute Gasteiger partial charge is 0.143 e. The summed E-state index contributed by atoms with van der Waals surface area (Å²) >= 11 is 0. The molecule has 25 aromatic carbocycles. The van der Waals surface area contributed by atoms with Gasteiger partial charge >= 0.3 is 0 Å². The summed E-state index contributed by atoms with van der Waals surface area (Å²) in [7, 11) is 0. The maximum absolute atomic E-state index is 8.92. The molecule has 0 radical (unpaired) electrons. The number of rotatable bonds is 9. The third-order valence-electron chi connectivity index (χ3n) is 26.6. The normalized spacial score (nSPS) is 13.3. The van der Waals surface area contributed by atoms with Crippen LogP contribution in [0.5, 0.6) is 0 Å². The zero-order valence-corrected chi connectivity index (χ0v) is 71.3. The van der Waals surface area contributed by atoms with Crippen LogP contribution in [-0.2, 0) is 0 Å². The van der Waals surface area contributed by atoms with Gasteiger partial charge in [0.1, 0.15) is 33.5 Å². The number of furan rings is 3. The molecule has 0 N–H and O–H groups in total. The first-order chi connectivity index (χ1) is 72.3. The maximum Gasteiger partial charge on any atom is 0.143 e. The Balaban J connectivity index is 0.000000112. The van der Waals surface area contributed by atoms with E-state index in [-0.39, 0.29) is 89.2 Å². The van der Waals surface area contributed by atoms with Crippen molar-refractivity contribution in [1.82, 2.24) is 0 Å². The first-order valence-electron chi connectivity index (χ1n) is 52.0. The lowest BCUT2D eigenvalue weighted by Crippen LogP contribution is -1.91. The van der Waals surface area contributed by atoms with E-state index in [0.717, 1.165) is 208 Å². The molecule has 133 heavy (non-hydrogen) atoms. The molecule has 0 atom stereocenters. The number of benzene rings is 25. The SMILES string of the molecule is [2H]c1c([2H])c([2H])c(-c2c3ccccc3c(-c3cccc4oc5c(-c6cc7ccccc7c7ccccc67)cccc5c34)c3ccccc23)c([2H])c1[2H].[2H]c1c([2H])c([2H])c(-c2c3ccccc3c(-c3cccc4oc5c(-c6ccc7ccccc7c6)cccc5c34)c3ccccc23)c([2H])c1[2H].[2H]c1c([2H])c([2H])c(-c2c3ccccc3c(-c3cccc4oc5c(-c6cccc7ccccc67)cccc5c34)c3ccccc23)c([2H])c1[2H]. The Hall–Kier alpha value is -17.5. The van der Waals surface area contributed by atoms with E-state index in [1.165, 1.54) is 32.3 Å².